The Kier molecular flexibility index (Phi) is 8.89. The highest BCUT2D eigenvalue weighted by molar-refractivity contribution is 6.33. The molecule has 0 aliphatic carbocycles. The van der Waals surface area contributed by atoms with Gasteiger partial charge in [0.2, 0.25) is 0 Å². The molecule has 5 rings (SSSR count). The summed E-state index contributed by atoms with van der Waals surface area (Å²) >= 11 is 6.29. The molecule has 0 atom stereocenters. The molecule has 0 N–H and O–H groups in total. The quantitative estimate of drug-likeness (QED) is 0.120. The Balaban J connectivity index is 1.42. The fourth-order valence-corrected chi connectivity index (χ4v) is 5.18. The monoisotopic (exact) mass is 650 g/mol. The number of alkyl halides is 2. The second kappa shape index (κ2) is 12.5. The van der Waals surface area contributed by atoms with Gasteiger partial charge in [-0.25, -0.2) is 30.7 Å². The lowest BCUT2D eigenvalue weighted by molar-refractivity contribution is -0.189. The molecule has 0 aromatic heterocycles. The van der Waals surface area contributed by atoms with E-state index in [2.05, 4.69) is 4.74 Å². The van der Waals surface area contributed by atoms with E-state index in [9.17, 15) is 17.6 Å². The van der Waals surface area contributed by atoms with Crippen LogP contribution in [0.4, 0.5) is 39.5 Å². The zero-order valence-corrected chi connectivity index (χ0v) is 23.9. The molecule has 0 fully saturated rings. The molecule has 0 saturated heterocycles. The fourth-order valence-electron chi connectivity index (χ4n) is 4.87. The fraction of sp³-hybridized carbons (Fsp3) is 0.118. The molecule has 0 aliphatic rings. The van der Waals surface area contributed by atoms with Crippen LogP contribution in [-0.4, -0.2) is 0 Å². The van der Waals surface area contributed by atoms with Gasteiger partial charge in [-0.3, -0.25) is 0 Å². The van der Waals surface area contributed by atoms with Gasteiger partial charge in [-0.05, 0) is 82.8 Å². The van der Waals surface area contributed by atoms with Crippen LogP contribution < -0.4 is 4.74 Å². The van der Waals surface area contributed by atoms with E-state index in [4.69, 9.17) is 11.6 Å². The third-order valence-corrected chi connectivity index (χ3v) is 7.27. The van der Waals surface area contributed by atoms with E-state index in [1.807, 2.05) is 19.1 Å². The first kappa shape index (κ1) is 32.0. The van der Waals surface area contributed by atoms with E-state index in [0.29, 0.717) is 41.5 Å². The van der Waals surface area contributed by atoms with Crippen molar-refractivity contribution >= 4 is 11.6 Å². The molecular formula is C34H20ClF9O. The Bertz CT molecular complexity index is 1840. The van der Waals surface area contributed by atoms with Crippen LogP contribution in [0.5, 0.6) is 5.75 Å². The van der Waals surface area contributed by atoms with Gasteiger partial charge in [-0.1, -0.05) is 49.2 Å². The second-order valence-electron chi connectivity index (χ2n) is 10.1. The van der Waals surface area contributed by atoms with Crippen LogP contribution in [-0.2, 0) is 12.5 Å². The molecule has 5 aromatic rings. The van der Waals surface area contributed by atoms with Crippen molar-refractivity contribution in [2.75, 3.05) is 0 Å². The van der Waals surface area contributed by atoms with E-state index in [1.54, 1.807) is 12.1 Å². The van der Waals surface area contributed by atoms with Crippen molar-refractivity contribution in [3.63, 3.8) is 0 Å². The van der Waals surface area contributed by atoms with E-state index >= 15 is 22.0 Å². The third kappa shape index (κ3) is 6.51. The lowest BCUT2D eigenvalue weighted by atomic mass is 9.97. The maximum Gasteiger partial charge on any atom is 0.432 e. The van der Waals surface area contributed by atoms with Gasteiger partial charge in [0, 0.05) is 17.2 Å². The molecule has 45 heavy (non-hydrogen) atoms. The van der Waals surface area contributed by atoms with E-state index in [-0.39, 0.29) is 5.02 Å². The van der Waals surface area contributed by atoms with Crippen molar-refractivity contribution in [2.24, 2.45) is 0 Å². The molecule has 0 spiro atoms. The summed E-state index contributed by atoms with van der Waals surface area (Å²) in [5.74, 6) is -11.8. The van der Waals surface area contributed by atoms with Gasteiger partial charge in [0.15, 0.2) is 17.5 Å². The molecule has 5 aromatic carbocycles. The SMILES string of the molecule is CCCc1ccc(-c2cc(F)c(-c3cc(F)c(C(F)(F)Oc4ccc(-c5cc(F)c(F)c(F)c5)c(F)c4)c(F)c3)c(Cl)c2)cc1. The van der Waals surface area contributed by atoms with E-state index in [1.165, 1.54) is 6.07 Å². The Morgan fingerprint density at radius 2 is 1.18 bits per heavy atom. The third-order valence-electron chi connectivity index (χ3n) is 6.97. The minimum atomic E-state index is -4.70. The van der Waals surface area contributed by atoms with Crippen molar-refractivity contribution in [1.82, 2.24) is 0 Å². The normalized spacial score (nSPS) is 11.6. The number of aryl methyl sites for hydroxylation is 1. The molecule has 0 heterocycles. The van der Waals surface area contributed by atoms with Crippen LogP contribution in [0.25, 0.3) is 33.4 Å². The number of ether oxygens (including phenoxy) is 1. The number of hydrogen-bond acceptors (Lipinski definition) is 1. The summed E-state index contributed by atoms with van der Waals surface area (Å²) in [5, 5.41) is -0.228. The van der Waals surface area contributed by atoms with Crippen molar-refractivity contribution in [3.8, 4) is 39.1 Å². The summed E-state index contributed by atoms with van der Waals surface area (Å²) in [6, 6.07) is 13.6. The maximum atomic E-state index is 15.2. The Morgan fingerprint density at radius 3 is 1.73 bits per heavy atom. The minimum Gasteiger partial charge on any atom is -0.429 e. The molecule has 0 aliphatic heterocycles. The first-order valence-corrected chi connectivity index (χ1v) is 13.8. The zero-order valence-electron chi connectivity index (χ0n) is 23.1. The van der Waals surface area contributed by atoms with E-state index < -0.39 is 80.4 Å². The predicted molar refractivity (Wildman–Crippen MR) is 152 cm³/mol. The lowest BCUT2D eigenvalue weighted by Crippen LogP contribution is -2.25. The first-order chi connectivity index (χ1) is 21.3. The molecule has 11 heteroatoms. The van der Waals surface area contributed by atoms with Gasteiger partial charge in [0.1, 0.15) is 34.6 Å². The highest BCUT2D eigenvalue weighted by atomic mass is 35.5. The zero-order chi connectivity index (χ0) is 32.6. The Labute approximate surface area is 256 Å². The number of rotatable bonds is 8. The van der Waals surface area contributed by atoms with E-state index in [0.717, 1.165) is 36.6 Å². The summed E-state index contributed by atoms with van der Waals surface area (Å²) in [5.41, 5.74) is -1.59. The minimum absolute atomic E-state index is 0.228. The highest BCUT2D eigenvalue weighted by Gasteiger charge is 2.41. The van der Waals surface area contributed by atoms with Crippen molar-refractivity contribution in [2.45, 2.75) is 25.9 Å². The standard InChI is InChI=1S/C34H20ClF9O/c1-2-3-17-4-6-18(7-5-17)19-10-24(35)31(26(37)11-19)21-14-27(38)32(28(39)15-21)34(43,44)45-22-8-9-23(25(36)16-22)20-12-29(40)33(42)30(41)13-20/h4-16H,2-3H2,1H3. The van der Waals surface area contributed by atoms with Gasteiger partial charge >= 0.3 is 6.11 Å². The summed E-state index contributed by atoms with van der Waals surface area (Å²) in [4.78, 5) is 0. The van der Waals surface area contributed by atoms with Crippen LogP contribution in [0.2, 0.25) is 5.02 Å². The average molecular weight is 651 g/mol. The summed E-state index contributed by atoms with van der Waals surface area (Å²) in [7, 11) is 0. The Hall–Kier alpha value is -4.44. The van der Waals surface area contributed by atoms with Crippen LogP contribution in [0.15, 0.2) is 78.9 Å². The average Bonchev–Trinajstić information content (AvgIpc) is 2.95. The molecule has 1 nitrogen and oxygen atoms in total. The molecule has 0 saturated carbocycles. The van der Waals surface area contributed by atoms with Gasteiger partial charge in [0.05, 0.1) is 5.02 Å². The summed E-state index contributed by atoms with van der Waals surface area (Å²) < 4.78 is 135. The van der Waals surface area contributed by atoms with Gasteiger partial charge in [0.25, 0.3) is 0 Å². The first-order valence-electron chi connectivity index (χ1n) is 13.4. The topological polar surface area (TPSA) is 9.23 Å². The smallest absolute Gasteiger partial charge is 0.429 e. The van der Waals surface area contributed by atoms with Crippen LogP contribution in [0.3, 0.4) is 0 Å². The maximum absolute atomic E-state index is 15.2. The lowest BCUT2D eigenvalue weighted by Gasteiger charge is -2.20. The van der Waals surface area contributed by atoms with Gasteiger partial charge < -0.3 is 4.74 Å². The molecule has 0 radical (unpaired) electrons. The Morgan fingerprint density at radius 1 is 0.600 bits per heavy atom. The second-order valence-corrected chi connectivity index (χ2v) is 10.5. The summed E-state index contributed by atoms with van der Waals surface area (Å²) in [6.07, 6.45) is -2.91. The molecule has 232 valence electrons. The van der Waals surface area contributed by atoms with Gasteiger partial charge in [-0.15, -0.1) is 0 Å². The van der Waals surface area contributed by atoms with Crippen LogP contribution in [0.1, 0.15) is 24.5 Å². The van der Waals surface area contributed by atoms with Gasteiger partial charge in [-0.2, -0.15) is 8.78 Å². The summed E-state index contributed by atoms with van der Waals surface area (Å²) in [6.45, 7) is 2.03. The van der Waals surface area contributed by atoms with Crippen LogP contribution in [0, 0.1) is 40.7 Å². The number of hydrogen-bond donors (Lipinski definition) is 0. The number of benzene rings is 5. The largest absolute Gasteiger partial charge is 0.432 e. The van der Waals surface area contributed by atoms with Crippen molar-refractivity contribution in [3.05, 3.63) is 136 Å². The van der Waals surface area contributed by atoms with Crippen LogP contribution >= 0.6 is 11.6 Å². The molecule has 0 amide bonds. The van der Waals surface area contributed by atoms with Crippen molar-refractivity contribution in [1.29, 1.82) is 0 Å². The van der Waals surface area contributed by atoms with Crippen molar-refractivity contribution < 1.29 is 44.3 Å². The molecule has 0 bridgehead atoms. The molecule has 0 unspecified atom stereocenters. The molecular weight excluding hydrogens is 631 g/mol. The highest BCUT2D eigenvalue weighted by Crippen LogP contribution is 2.41. The predicted octanol–water partition coefficient (Wildman–Crippen LogP) is 11.4. The number of halogens is 10.